The van der Waals surface area contributed by atoms with E-state index in [1.54, 1.807) is 31.4 Å². The predicted octanol–water partition coefficient (Wildman–Crippen LogP) is 3.87. The number of carbonyl (C=O) groups excluding carboxylic acids is 2. The molecule has 0 fully saturated rings. The molecule has 1 aromatic heterocycles. The molecular formula is C24H24N4O4S2. The molecule has 2 aromatic carbocycles. The molecule has 0 atom stereocenters. The number of methoxy groups -OCH3 is 2. The minimum Gasteiger partial charge on any atom is -0.496 e. The lowest BCUT2D eigenvalue weighted by atomic mass is 10.0. The number of primary amides is 1. The van der Waals surface area contributed by atoms with Gasteiger partial charge in [-0.1, -0.05) is 24.3 Å². The summed E-state index contributed by atoms with van der Waals surface area (Å²) in [7, 11) is 3.11. The standard InChI is InChI=1S/C24H24N4O4S2/c1-31-17-9-5-3-7-14(17)22(30)27-23-20(21(25)29)15-11-12-28(13-19(15)34-23)24(33)26-16-8-4-6-10-18(16)32-2/h3-10H,11-13H2,1-2H3,(H2,25,29)(H,26,33)(H,27,30). The van der Waals surface area contributed by atoms with Crippen molar-refractivity contribution in [3.05, 3.63) is 70.1 Å². The van der Waals surface area contributed by atoms with Crippen LogP contribution in [-0.2, 0) is 13.0 Å². The van der Waals surface area contributed by atoms with E-state index < -0.39 is 5.91 Å². The van der Waals surface area contributed by atoms with Crippen molar-refractivity contribution in [2.75, 3.05) is 31.4 Å². The molecule has 0 aliphatic carbocycles. The second kappa shape index (κ2) is 10.1. The van der Waals surface area contributed by atoms with Crippen LogP contribution in [0, 0.1) is 0 Å². The third kappa shape index (κ3) is 4.68. The van der Waals surface area contributed by atoms with Crippen LogP contribution in [0.4, 0.5) is 10.7 Å². The Morgan fingerprint density at radius 3 is 2.41 bits per heavy atom. The Morgan fingerprint density at radius 2 is 1.71 bits per heavy atom. The predicted molar refractivity (Wildman–Crippen MR) is 137 cm³/mol. The molecule has 2 heterocycles. The third-order valence-corrected chi connectivity index (χ3v) is 7.01. The number of carbonyl (C=O) groups is 2. The summed E-state index contributed by atoms with van der Waals surface area (Å²) in [5.74, 6) is 0.191. The minimum absolute atomic E-state index is 0.353. The molecule has 0 spiro atoms. The first-order chi connectivity index (χ1) is 16.4. The first kappa shape index (κ1) is 23.5. The second-order valence-electron chi connectivity index (χ2n) is 7.53. The van der Waals surface area contributed by atoms with Crippen LogP contribution in [0.15, 0.2) is 48.5 Å². The number of nitrogens with one attached hydrogen (secondary N) is 2. The number of thiocarbonyl (C=S) groups is 1. The number of para-hydroxylation sites is 3. The van der Waals surface area contributed by atoms with E-state index in [4.69, 9.17) is 27.4 Å². The average Bonchev–Trinajstić information content (AvgIpc) is 3.21. The molecule has 0 unspecified atom stereocenters. The Morgan fingerprint density at radius 1 is 1.03 bits per heavy atom. The number of hydrogen-bond acceptors (Lipinski definition) is 6. The summed E-state index contributed by atoms with van der Waals surface area (Å²) >= 11 is 6.97. The maximum atomic E-state index is 12.9. The van der Waals surface area contributed by atoms with Crippen LogP contribution in [-0.4, -0.2) is 42.6 Å². The first-order valence-corrected chi connectivity index (χ1v) is 11.7. The molecule has 4 rings (SSSR count). The van der Waals surface area contributed by atoms with Gasteiger partial charge < -0.3 is 30.7 Å². The number of amides is 2. The van der Waals surface area contributed by atoms with Crippen LogP contribution in [0.5, 0.6) is 11.5 Å². The zero-order chi connectivity index (χ0) is 24.2. The lowest BCUT2D eigenvalue weighted by Gasteiger charge is -2.30. The van der Waals surface area contributed by atoms with E-state index >= 15 is 0 Å². The van der Waals surface area contributed by atoms with Crippen LogP contribution in [0.3, 0.4) is 0 Å². The Labute approximate surface area is 206 Å². The molecule has 0 saturated heterocycles. The van der Waals surface area contributed by atoms with Gasteiger partial charge in [-0.15, -0.1) is 11.3 Å². The van der Waals surface area contributed by atoms with Crippen molar-refractivity contribution in [1.82, 2.24) is 4.90 Å². The number of thiophene rings is 1. The summed E-state index contributed by atoms with van der Waals surface area (Å²) in [5.41, 5.74) is 8.06. The number of nitrogens with zero attached hydrogens (tertiary/aromatic N) is 1. The van der Waals surface area contributed by atoms with Gasteiger partial charge in [0.25, 0.3) is 11.8 Å². The van der Waals surface area contributed by atoms with Gasteiger partial charge in [-0.2, -0.15) is 0 Å². The van der Waals surface area contributed by atoms with E-state index in [-0.39, 0.29) is 5.91 Å². The normalized spacial score (nSPS) is 12.5. The van der Waals surface area contributed by atoms with Gasteiger partial charge in [-0.05, 0) is 48.5 Å². The third-order valence-electron chi connectivity index (χ3n) is 5.52. The molecule has 1 aliphatic rings. The van der Waals surface area contributed by atoms with Gasteiger partial charge in [0.05, 0.1) is 37.6 Å². The van der Waals surface area contributed by atoms with Crippen molar-refractivity contribution < 1.29 is 19.1 Å². The lowest BCUT2D eigenvalue weighted by molar-refractivity contribution is 0.1000. The Balaban J connectivity index is 1.56. The van der Waals surface area contributed by atoms with Crippen molar-refractivity contribution in [1.29, 1.82) is 0 Å². The largest absolute Gasteiger partial charge is 0.496 e. The monoisotopic (exact) mass is 496 g/mol. The van der Waals surface area contributed by atoms with Gasteiger partial charge >= 0.3 is 0 Å². The molecular weight excluding hydrogens is 472 g/mol. The Kier molecular flexibility index (Phi) is 6.99. The topological polar surface area (TPSA) is 106 Å². The number of hydrogen-bond donors (Lipinski definition) is 3. The quantitative estimate of drug-likeness (QED) is 0.445. The molecule has 1 aliphatic heterocycles. The van der Waals surface area contributed by atoms with Crippen molar-refractivity contribution in [2.24, 2.45) is 5.73 Å². The van der Waals surface area contributed by atoms with Crippen LogP contribution in [0.1, 0.15) is 31.2 Å². The number of nitrogens with two attached hydrogens (primary N) is 1. The molecule has 4 N–H and O–H groups in total. The highest BCUT2D eigenvalue weighted by Gasteiger charge is 2.29. The highest BCUT2D eigenvalue weighted by Crippen LogP contribution is 2.38. The molecule has 2 amide bonds. The number of ether oxygens (including phenoxy) is 2. The molecule has 0 radical (unpaired) electrons. The summed E-state index contributed by atoms with van der Waals surface area (Å²) in [5, 5.41) is 7.06. The SMILES string of the molecule is COc1ccccc1NC(=S)N1CCc2c(sc(NC(=O)c3ccccc3OC)c2C(N)=O)C1. The van der Waals surface area contributed by atoms with Crippen molar-refractivity contribution in [2.45, 2.75) is 13.0 Å². The highest BCUT2D eigenvalue weighted by atomic mass is 32.1. The van der Waals surface area contributed by atoms with E-state index in [9.17, 15) is 9.59 Å². The van der Waals surface area contributed by atoms with Gasteiger partial charge in [0.15, 0.2) is 5.11 Å². The zero-order valence-electron chi connectivity index (χ0n) is 18.7. The van der Waals surface area contributed by atoms with Crippen LogP contribution in [0.2, 0.25) is 0 Å². The molecule has 34 heavy (non-hydrogen) atoms. The van der Waals surface area contributed by atoms with Gasteiger partial charge in [0.1, 0.15) is 16.5 Å². The highest BCUT2D eigenvalue weighted by molar-refractivity contribution is 7.80. The van der Waals surface area contributed by atoms with Gasteiger partial charge in [-0.3, -0.25) is 9.59 Å². The second-order valence-corrected chi connectivity index (χ2v) is 9.02. The maximum Gasteiger partial charge on any atom is 0.260 e. The summed E-state index contributed by atoms with van der Waals surface area (Å²) in [6, 6.07) is 14.4. The fourth-order valence-electron chi connectivity index (χ4n) is 3.87. The summed E-state index contributed by atoms with van der Waals surface area (Å²) in [4.78, 5) is 28.2. The molecule has 176 valence electrons. The summed E-state index contributed by atoms with van der Waals surface area (Å²) in [6.45, 7) is 1.09. The smallest absolute Gasteiger partial charge is 0.260 e. The van der Waals surface area contributed by atoms with Crippen LogP contribution < -0.4 is 25.8 Å². The number of rotatable bonds is 6. The average molecular weight is 497 g/mol. The van der Waals surface area contributed by atoms with Crippen molar-refractivity contribution >= 4 is 51.2 Å². The molecule has 10 heteroatoms. The van der Waals surface area contributed by atoms with Gasteiger partial charge in [0.2, 0.25) is 0 Å². The molecule has 3 aromatic rings. The Bertz CT molecular complexity index is 1260. The number of benzene rings is 2. The van der Waals surface area contributed by atoms with Crippen LogP contribution >= 0.6 is 23.6 Å². The van der Waals surface area contributed by atoms with Crippen molar-refractivity contribution in [3.8, 4) is 11.5 Å². The fraction of sp³-hybridized carbons (Fsp3) is 0.208. The molecule has 0 saturated carbocycles. The molecule has 0 bridgehead atoms. The van der Waals surface area contributed by atoms with E-state index in [0.29, 0.717) is 52.2 Å². The van der Waals surface area contributed by atoms with E-state index in [1.165, 1.54) is 18.4 Å². The Hall–Kier alpha value is -3.63. The zero-order valence-corrected chi connectivity index (χ0v) is 20.3. The van der Waals surface area contributed by atoms with Gasteiger partial charge in [0, 0.05) is 11.4 Å². The first-order valence-electron chi connectivity index (χ1n) is 10.5. The van der Waals surface area contributed by atoms with E-state index in [1.807, 2.05) is 29.2 Å². The summed E-state index contributed by atoms with van der Waals surface area (Å²) in [6.07, 6.45) is 0.572. The minimum atomic E-state index is -0.573. The van der Waals surface area contributed by atoms with Crippen LogP contribution in [0.25, 0.3) is 0 Å². The maximum absolute atomic E-state index is 12.9. The van der Waals surface area contributed by atoms with Crippen molar-refractivity contribution in [3.63, 3.8) is 0 Å². The molecule has 8 nitrogen and oxygen atoms in total. The fourth-order valence-corrected chi connectivity index (χ4v) is 5.40. The van der Waals surface area contributed by atoms with E-state index in [0.717, 1.165) is 16.1 Å². The number of anilines is 2. The van der Waals surface area contributed by atoms with Gasteiger partial charge in [-0.25, -0.2) is 0 Å². The summed E-state index contributed by atoms with van der Waals surface area (Å²) < 4.78 is 10.7. The van der Waals surface area contributed by atoms with E-state index in [2.05, 4.69) is 10.6 Å². The lowest BCUT2D eigenvalue weighted by Crippen LogP contribution is -2.38. The number of fused-ring (bicyclic) bond motifs is 1.